The first-order valence-electron chi connectivity index (χ1n) is 4.89. The lowest BCUT2D eigenvalue weighted by molar-refractivity contribution is 0.825. The van der Waals surface area contributed by atoms with E-state index in [0.29, 0.717) is 5.92 Å². The van der Waals surface area contributed by atoms with Crippen molar-refractivity contribution in [2.45, 2.75) is 38.5 Å². The number of hydrogen-bond donors (Lipinski definition) is 1. The molecule has 0 aliphatic heterocycles. The van der Waals surface area contributed by atoms with Crippen molar-refractivity contribution in [2.75, 3.05) is 0 Å². The number of rotatable bonds is 3. The first-order valence-corrected chi connectivity index (χ1v) is 5.30. The van der Waals surface area contributed by atoms with Crippen molar-refractivity contribution in [2.24, 2.45) is 0 Å². The fourth-order valence-electron chi connectivity index (χ4n) is 1.48. The zero-order chi connectivity index (χ0) is 9.26. The summed E-state index contributed by atoms with van der Waals surface area (Å²) in [6.07, 6.45) is 4.77. The van der Waals surface area contributed by atoms with E-state index in [-0.39, 0.29) is 0 Å². The molecule has 1 fully saturated rings. The highest BCUT2D eigenvalue weighted by atomic mass is 32.1. The molecule has 1 aromatic rings. The summed E-state index contributed by atoms with van der Waals surface area (Å²) >= 11 is 5.12. The molecule has 70 valence electrons. The molecule has 0 amide bonds. The van der Waals surface area contributed by atoms with Gasteiger partial charge in [0.2, 0.25) is 0 Å². The van der Waals surface area contributed by atoms with Crippen LogP contribution in [0.1, 0.15) is 43.6 Å². The highest BCUT2D eigenvalue weighted by molar-refractivity contribution is 7.71. The third kappa shape index (κ3) is 2.15. The fourth-order valence-corrected chi connectivity index (χ4v) is 1.72. The van der Waals surface area contributed by atoms with E-state index in [1.807, 2.05) is 6.07 Å². The summed E-state index contributed by atoms with van der Waals surface area (Å²) in [6, 6.07) is 1.98. The first-order chi connectivity index (χ1) is 6.29. The standard InChI is InChI=1S/C10H14N2S/c1-2-3-8-6-9(13)12-10(11-8)7-4-5-7/h6-7H,2-5H2,1H3,(H,11,12,13). The topological polar surface area (TPSA) is 28.7 Å². The van der Waals surface area contributed by atoms with Crippen LogP contribution >= 0.6 is 12.2 Å². The fraction of sp³-hybridized carbons (Fsp3) is 0.600. The third-order valence-electron chi connectivity index (χ3n) is 2.30. The van der Waals surface area contributed by atoms with Gasteiger partial charge in [-0.25, -0.2) is 4.98 Å². The van der Waals surface area contributed by atoms with Crippen LogP contribution in [0.15, 0.2) is 6.07 Å². The van der Waals surface area contributed by atoms with Gasteiger partial charge in [0.15, 0.2) is 0 Å². The average Bonchev–Trinajstić information content (AvgIpc) is 2.85. The number of nitrogens with one attached hydrogen (secondary N) is 1. The smallest absolute Gasteiger partial charge is 0.129 e. The molecule has 0 bridgehead atoms. The molecule has 13 heavy (non-hydrogen) atoms. The van der Waals surface area contributed by atoms with E-state index in [2.05, 4.69) is 16.9 Å². The summed E-state index contributed by atoms with van der Waals surface area (Å²) < 4.78 is 0.740. The lowest BCUT2D eigenvalue weighted by Gasteiger charge is -2.02. The molecule has 3 heteroatoms. The summed E-state index contributed by atoms with van der Waals surface area (Å²) in [7, 11) is 0. The zero-order valence-electron chi connectivity index (χ0n) is 7.84. The molecule has 0 aromatic carbocycles. The van der Waals surface area contributed by atoms with E-state index in [0.717, 1.165) is 23.3 Å². The van der Waals surface area contributed by atoms with Crippen LogP contribution in [-0.2, 0) is 6.42 Å². The van der Waals surface area contributed by atoms with Gasteiger partial charge in [0.1, 0.15) is 10.5 Å². The SMILES string of the molecule is CCCc1cc(=S)nc(C2CC2)[nH]1. The quantitative estimate of drug-likeness (QED) is 0.749. The highest BCUT2D eigenvalue weighted by Gasteiger charge is 2.25. The molecule has 1 N–H and O–H groups in total. The molecule has 1 aliphatic rings. The third-order valence-corrected chi connectivity index (χ3v) is 2.51. The number of aryl methyl sites for hydroxylation is 1. The van der Waals surface area contributed by atoms with Gasteiger partial charge in [-0.3, -0.25) is 0 Å². The molecule has 0 unspecified atom stereocenters. The van der Waals surface area contributed by atoms with Gasteiger partial charge >= 0.3 is 0 Å². The summed E-state index contributed by atoms with van der Waals surface area (Å²) in [5.41, 5.74) is 1.24. The van der Waals surface area contributed by atoms with Crippen LogP contribution in [0, 0.1) is 4.64 Å². The van der Waals surface area contributed by atoms with Gasteiger partial charge in [0, 0.05) is 11.6 Å². The summed E-state index contributed by atoms with van der Waals surface area (Å²) in [5, 5.41) is 0. The van der Waals surface area contributed by atoms with Crippen LogP contribution in [0.25, 0.3) is 0 Å². The van der Waals surface area contributed by atoms with Crippen molar-refractivity contribution in [1.82, 2.24) is 9.97 Å². The minimum Gasteiger partial charge on any atom is -0.347 e. The number of aromatic nitrogens is 2. The molecule has 1 saturated carbocycles. The number of hydrogen-bond acceptors (Lipinski definition) is 2. The van der Waals surface area contributed by atoms with Crippen molar-refractivity contribution in [3.05, 3.63) is 22.2 Å². The Kier molecular flexibility index (Phi) is 2.44. The minimum absolute atomic E-state index is 0.665. The van der Waals surface area contributed by atoms with Gasteiger partial charge in [0.25, 0.3) is 0 Å². The Hall–Kier alpha value is -0.700. The predicted octanol–water partition coefficient (Wildman–Crippen LogP) is 2.97. The van der Waals surface area contributed by atoms with Gasteiger partial charge in [-0.05, 0) is 25.3 Å². The van der Waals surface area contributed by atoms with Crippen LogP contribution in [0.4, 0.5) is 0 Å². The van der Waals surface area contributed by atoms with Gasteiger partial charge in [-0.2, -0.15) is 0 Å². The van der Waals surface area contributed by atoms with Crippen molar-refractivity contribution in [3.8, 4) is 0 Å². The van der Waals surface area contributed by atoms with E-state index in [4.69, 9.17) is 12.2 Å². The van der Waals surface area contributed by atoms with Crippen LogP contribution in [0.5, 0.6) is 0 Å². The Balaban J connectivity index is 2.30. The van der Waals surface area contributed by atoms with Crippen molar-refractivity contribution < 1.29 is 0 Å². The van der Waals surface area contributed by atoms with E-state index in [9.17, 15) is 0 Å². The maximum Gasteiger partial charge on any atom is 0.129 e. The Morgan fingerprint density at radius 2 is 2.38 bits per heavy atom. The lowest BCUT2D eigenvalue weighted by atomic mass is 10.2. The van der Waals surface area contributed by atoms with E-state index in [1.165, 1.54) is 18.5 Å². The second-order valence-corrected chi connectivity index (χ2v) is 4.07. The predicted molar refractivity (Wildman–Crippen MR) is 55.4 cm³/mol. The van der Waals surface area contributed by atoms with Gasteiger partial charge < -0.3 is 4.98 Å². The second-order valence-electron chi connectivity index (χ2n) is 3.65. The molecule has 1 aromatic heterocycles. The Bertz CT molecular complexity index is 352. The maximum atomic E-state index is 5.12. The Morgan fingerprint density at radius 3 is 3.00 bits per heavy atom. The van der Waals surface area contributed by atoms with Crippen LogP contribution in [0.3, 0.4) is 0 Å². The highest BCUT2D eigenvalue weighted by Crippen LogP contribution is 2.37. The summed E-state index contributed by atoms with van der Waals surface area (Å²) in [4.78, 5) is 7.71. The van der Waals surface area contributed by atoms with E-state index < -0.39 is 0 Å². The zero-order valence-corrected chi connectivity index (χ0v) is 8.66. The molecule has 1 heterocycles. The van der Waals surface area contributed by atoms with E-state index >= 15 is 0 Å². The van der Waals surface area contributed by atoms with Crippen LogP contribution in [-0.4, -0.2) is 9.97 Å². The minimum atomic E-state index is 0.665. The van der Waals surface area contributed by atoms with Crippen molar-refractivity contribution >= 4 is 12.2 Å². The van der Waals surface area contributed by atoms with Crippen molar-refractivity contribution in [3.63, 3.8) is 0 Å². The first kappa shape index (κ1) is 8.88. The molecular formula is C10H14N2S. The normalized spacial score (nSPS) is 16.1. The Morgan fingerprint density at radius 1 is 1.62 bits per heavy atom. The second kappa shape index (κ2) is 3.58. The monoisotopic (exact) mass is 194 g/mol. The summed E-state index contributed by atoms with van der Waals surface area (Å²) in [6.45, 7) is 2.17. The Labute approximate surface area is 83.4 Å². The van der Waals surface area contributed by atoms with Gasteiger partial charge in [-0.15, -0.1) is 0 Å². The number of nitrogens with zero attached hydrogens (tertiary/aromatic N) is 1. The number of H-pyrrole nitrogens is 1. The molecule has 1 aliphatic carbocycles. The van der Waals surface area contributed by atoms with E-state index in [1.54, 1.807) is 0 Å². The van der Waals surface area contributed by atoms with Crippen LogP contribution in [0.2, 0.25) is 0 Å². The largest absolute Gasteiger partial charge is 0.347 e. The molecule has 0 saturated heterocycles. The van der Waals surface area contributed by atoms with Gasteiger partial charge in [-0.1, -0.05) is 25.6 Å². The molecule has 0 spiro atoms. The lowest BCUT2D eigenvalue weighted by Crippen LogP contribution is -1.97. The number of aromatic amines is 1. The molecule has 0 radical (unpaired) electrons. The summed E-state index contributed by atoms with van der Waals surface area (Å²) in [5.74, 6) is 1.77. The molecule has 0 atom stereocenters. The molecule has 2 nitrogen and oxygen atoms in total. The van der Waals surface area contributed by atoms with Crippen molar-refractivity contribution in [1.29, 1.82) is 0 Å². The molecular weight excluding hydrogens is 180 g/mol. The van der Waals surface area contributed by atoms with Crippen LogP contribution < -0.4 is 0 Å². The molecule has 2 rings (SSSR count). The average molecular weight is 194 g/mol. The van der Waals surface area contributed by atoms with Gasteiger partial charge in [0.05, 0.1) is 0 Å². The maximum absolute atomic E-state index is 5.12.